The minimum atomic E-state index is -0.919. The van der Waals surface area contributed by atoms with E-state index < -0.39 is 6.10 Å². The molecule has 0 fully saturated rings. The molecule has 1 heterocycles. The number of nitrogens with zero attached hydrogens (tertiary/aromatic N) is 1. The number of nitrogens with one attached hydrogen (secondary N) is 1. The molecule has 0 aromatic carbocycles. The Morgan fingerprint density at radius 2 is 2.50 bits per heavy atom. The van der Waals surface area contributed by atoms with Crippen LogP contribution < -0.4 is 5.32 Å². The second kappa shape index (κ2) is 5.59. The van der Waals surface area contributed by atoms with Gasteiger partial charge in [0.15, 0.2) is 5.01 Å². The van der Waals surface area contributed by atoms with Gasteiger partial charge in [-0.2, -0.15) is 0 Å². The van der Waals surface area contributed by atoms with Crippen molar-refractivity contribution >= 4 is 39.8 Å². The third-order valence-electron chi connectivity index (χ3n) is 1.38. The average molecular weight is 328 g/mol. The van der Waals surface area contributed by atoms with Crippen molar-refractivity contribution in [2.45, 2.75) is 6.10 Å². The molecule has 14 heavy (non-hydrogen) atoms. The second-order valence-corrected chi connectivity index (χ2v) is 5.44. The summed E-state index contributed by atoms with van der Waals surface area (Å²) in [6.07, 6.45) is 0.681. The molecule has 0 unspecified atom stereocenters. The molecular formula is C7H9IN2O3S. The van der Waals surface area contributed by atoms with Crippen molar-refractivity contribution in [3.05, 3.63) is 14.1 Å². The summed E-state index contributed by atoms with van der Waals surface area (Å²) >= 11 is 3.34. The van der Waals surface area contributed by atoms with Crippen LogP contribution in [0.1, 0.15) is 9.80 Å². The average Bonchev–Trinajstić information content (AvgIpc) is 2.60. The lowest BCUT2D eigenvalue weighted by Crippen LogP contribution is -2.33. The van der Waals surface area contributed by atoms with E-state index in [0.717, 1.165) is 2.88 Å². The summed E-state index contributed by atoms with van der Waals surface area (Å²) in [4.78, 5) is 15.2. The maximum Gasteiger partial charge on any atom is 0.280 e. The van der Waals surface area contributed by atoms with Crippen LogP contribution in [0.3, 0.4) is 0 Å². The Morgan fingerprint density at radius 3 is 3.00 bits per heavy atom. The topological polar surface area (TPSA) is 82.5 Å². The number of hydrogen-bond acceptors (Lipinski definition) is 5. The van der Waals surface area contributed by atoms with Gasteiger partial charge in [-0.1, -0.05) is 0 Å². The van der Waals surface area contributed by atoms with Crippen molar-refractivity contribution in [1.82, 2.24) is 10.3 Å². The second-order valence-electron chi connectivity index (χ2n) is 2.52. The van der Waals surface area contributed by atoms with Gasteiger partial charge < -0.3 is 15.5 Å². The Kier molecular flexibility index (Phi) is 4.72. The first-order chi connectivity index (χ1) is 6.63. The number of hydrogen-bond donors (Lipinski definition) is 3. The van der Waals surface area contributed by atoms with Crippen molar-refractivity contribution in [3.63, 3.8) is 0 Å². The van der Waals surface area contributed by atoms with E-state index in [4.69, 9.17) is 10.2 Å². The molecule has 1 aromatic rings. The zero-order valence-corrected chi connectivity index (χ0v) is 10.1. The van der Waals surface area contributed by atoms with Gasteiger partial charge in [0, 0.05) is 6.54 Å². The van der Waals surface area contributed by atoms with Gasteiger partial charge in [-0.3, -0.25) is 4.79 Å². The van der Waals surface area contributed by atoms with Gasteiger partial charge in [-0.05, 0) is 22.6 Å². The van der Waals surface area contributed by atoms with Gasteiger partial charge in [-0.25, -0.2) is 4.98 Å². The summed E-state index contributed by atoms with van der Waals surface area (Å²) in [6, 6.07) is 0. The number of carbonyl (C=O) groups excluding carboxylic acids is 1. The van der Waals surface area contributed by atoms with Crippen molar-refractivity contribution in [1.29, 1.82) is 0 Å². The minimum absolute atomic E-state index is 0.0332. The Labute approximate surface area is 98.3 Å². The SMILES string of the molecule is O=C(NC[C@@H](O)CO)c1ncc(I)s1. The molecule has 0 aliphatic carbocycles. The normalized spacial score (nSPS) is 12.5. The highest BCUT2D eigenvalue weighted by atomic mass is 127. The number of carbonyl (C=O) groups is 1. The van der Waals surface area contributed by atoms with E-state index in [1.54, 1.807) is 6.20 Å². The van der Waals surface area contributed by atoms with Gasteiger partial charge in [-0.15, -0.1) is 11.3 Å². The fourth-order valence-electron chi connectivity index (χ4n) is 0.710. The summed E-state index contributed by atoms with van der Waals surface area (Å²) in [7, 11) is 0. The first-order valence-electron chi connectivity index (χ1n) is 3.82. The molecule has 5 nitrogen and oxygen atoms in total. The number of thiazole rings is 1. The van der Waals surface area contributed by atoms with E-state index in [1.807, 2.05) is 0 Å². The molecule has 1 atom stereocenters. The van der Waals surface area contributed by atoms with Gasteiger partial charge in [0.05, 0.1) is 21.8 Å². The molecule has 0 aliphatic rings. The summed E-state index contributed by atoms with van der Waals surface area (Å²) in [6.45, 7) is -0.332. The fourth-order valence-corrected chi connectivity index (χ4v) is 2.04. The van der Waals surface area contributed by atoms with Crippen LogP contribution in [0, 0.1) is 2.88 Å². The molecule has 0 saturated heterocycles. The molecular weight excluding hydrogens is 319 g/mol. The molecule has 0 aliphatic heterocycles. The zero-order valence-electron chi connectivity index (χ0n) is 7.11. The third kappa shape index (κ3) is 3.48. The Hall–Kier alpha value is -0.250. The van der Waals surface area contributed by atoms with E-state index in [2.05, 4.69) is 32.9 Å². The van der Waals surface area contributed by atoms with Crippen LogP contribution in [0.4, 0.5) is 0 Å². The maximum atomic E-state index is 11.3. The van der Waals surface area contributed by atoms with Crippen LogP contribution in [0.2, 0.25) is 0 Å². The highest BCUT2D eigenvalue weighted by Crippen LogP contribution is 2.14. The Morgan fingerprint density at radius 1 is 1.79 bits per heavy atom. The van der Waals surface area contributed by atoms with E-state index in [0.29, 0.717) is 5.01 Å². The van der Waals surface area contributed by atoms with Crippen LogP contribution in [-0.4, -0.2) is 40.4 Å². The summed E-state index contributed by atoms with van der Waals surface area (Å²) in [5, 5.41) is 20.3. The Bertz CT molecular complexity index is 318. The van der Waals surface area contributed by atoms with Crippen molar-refractivity contribution in [2.24, 2.45) is 0 Å². The monoisotopic (exact) mass is 328 g/mol. The van der Waals surface area contributed by atoms with Crippen molar-refractivity contribution in [3.8, 4) is 0 Å². The summed E-state index contributed by atoms with van der Waals surface area (Å²) in [5.41, 5.74) is 0. The number of aliphatic hydroxyl groups is 2. The summed E-state index contributed by atoms with van der Waals surface area (Å²) < 4.78 is 0.926. The quantitative estimate of drug-likeness (QED) is 0.671. The van der Waals surface area contributed by atoms with E-state index in [1.165, 1.54) is 11.3 Å². The summed E-state index contributed by atoms with van der Waals surface area (Å²) in [5.74, 6) is -0.328. The molecule has 1 amide bonds. The number of aromatic nitrogens is 1. The van der Waals surface area contributed by atoms with Crippen LogP contribution in [0.25, 0.3) is 0 Å². The van der Waals surface area contributed by atoms with Gasteiger partial charge in [0.25, 0.3) is 5.91 Å². The first kappa shape index (κ1) is 11.8. The molecule has 0 spiro atoms. The smallest absolute Gasteiger partial charge is 0.280 e. The van der Waals surface area contributed by atoms with Crippen molar-refractivity contribution in [2.75, 3.05) is 13.2 Å². The maximum absolute atomic E-state index is 11.3. The lowest BCUT2D eigenvalue weighted by Gasteiger charge is -2.06. The van der Waals surface area contributed by atoms with Crippen molar-refractivity contribution < 1.29 is 15.0 Å². The number of amides is 1. The van der Waals surface area contributed by atoms with Gasteiger partial charge in [0.2, 0.25) is 0 Å². The van der Waals surface area contributed by atoms with E-state index in [-0.39, 0.29) is 19.1 Å². The van der Waals surface area contributed by atoms with Crippen LogP contribution in [0.15, 0.2) is 6.20 Å². The van der Waals surface area contributed by atoms with Gasteiger partial charge >= 0.3 is 0 Å². The van der Waals surface area contributed by atoms with Crippen LogP contribution in [-0.2, 0) is 0 Å². The minimum Gasteiger partial charge on any atom is -0.394 e. The molecule has 7 heteroatoms. The number of rotatable bonds is 4. The van der Waals surface area contributed by atoms with Crippen LogP contribution >= 0.6 is 33.9 Å². The van der Waals surface area contributed by atoms with Crippen LogP contribution in [0.5, 0.6) is 0 Å². The largest absolute Gasteiger partial charge is 0.394 e. The first-order valence-corrected chi connectivity index (χ1v) is 5.71. The highest BCUT2D eigenvalue weighted by molar-refractivity contribution is 14.1. The zero-order chi connectivity index (χ0) is 10.6. The molecule has 0 saturated carbocycles. The third-order valence-corrected chi connectivity index (χ3v) is 3.10. The molecule has 1 rings (SSSR count). The molecule has 1 aromatic heterocycles. The molecule has 0 bridgehead atoms. The van der Waals surface area contributed by atoms with E-state index in [9.17, 15) is 4.79 Å². The predicted octanol–water partition coefficient (Wildman–Crippen LogP) is -0.169. The standard InChI is InChI=1S/C7H9IN2O3S/c8-5-2-10-7(14-5)6(13)9-1-4(12)3-11/h2,4,11-12H,1,3H2,(H,9,13)/t4-/m1/s1. The molecule has 78 valence electrons. The molecule has 3 N–H and O–H groups in total. The number of aliphatic hydroxyl groups excluding tert-OH is 2. The Balaban J connectivity index is 2.43. The predicted molar refractivity (Wildman–Crippen MR) is 60.3 cm³/mol. The highest BCUT2D eigenvalue weighted by Gasteiger charge is 2.11. The number of halogens is 1. The lowest BCUT2D eigenvalue weighted by atomic mass is 10.4. The van der Waals surface area contributed by atoms with Gasteiger partial charge in [0.1, 0.15) is 0 Å². The molecule has 0 radical (unpaired) electrons. The lowest BCUT2D eigenvalue weighted by molar-refractivity contribution is 0.0802. The van der Waals surface area contributed by atoms with E-state index >= 15 is 0 Å². The fraction of sp³-hybridized carbons (Fsp3) is 0.429.